The van der Waals surface area contributed by atoms with E-state index in [0.717, 1.165) is 50.1 Å². The van der Waals surface area contributed by atoms with Crippen molar-refractivity contribution in [1.82, 2.24) is 10.6 Å². The molecule has 0 aliphatic carbocycles. The molecule has 2 heterocycles. The second kappa shape index (κ2) is 13.0. The fourth-order valence-corrected chi connectivity index (χ4v) is 4.47. The highest BCUT2D eigenvalue weighted by atomic mass is 32.1. The molecule has 164 valence electrons. The highest BCUT2D eigenvalue weighted by molar-refractivity contribution is 7.80. The number of amides is 1. The third kappa shape index (κ3) is 8.42. The number of carboxylic acid groups (broad SMARTS) is 1. The molecule has 2 aliphatic rings. The zero-order valence-electron chi connectivity index (χ0n) is 17.5. The number of aliphatic carboxylic acids is 1. The Balaban J connectivity index is 1.68. The summed E-state index contributed by atoms with van der Waals surface area (Å²) in [5.41, 5.74) is 0. The molecule has 2 saturated heterocycles. The van der Waals surface area contributed by atoms with Crippen LogP contribution in [0.4, 0.5) is 0 Å². The third-order valence-corrected chi connectivity index (χ3v) is 6.24. The SMILES string of the molecule is CCCCNC(=S)CCC(=O)NC[C@H]1[C@@H](CC=CCCCC(=O)O)[C@H]2CC[C@@H]1O2. The van der Waals surface area contributed by atoms with E-state index in [-0.39, 0.29) is 18.4 Å². The van der Waals surface area contributed by atoms with Crippen LogP contribution in [0.25, 0.3) is 0 Å². The molecule has 0 saturated carbocycles. The molecule has 2 bridgehead atoms. The van der Waals surface area contributed by atoms with Crippen LogP contribution in [0.1, 0.15) is 71.1 Å². The van der Waals surface area contributed by atoms with Crippen molar-refractivity contribution >= 4 is 29.1 Å². The molecule has 2 rings (SSSR count). The number of hydrogen-bond donors (Lipinski definition) is 3. The second-order valence-corrected chi connectivity index (χ2v) is 8.61. The molecule has 7 heteroatoms. The highest BCUT2D eigenvalue weighted by Crippen LogP contribution is 2.44. The predicted octanol–water partition coefficient (Wildman–Crippen LogP) is 3.59. The van der Waals surface area contributed by atoms with Gasteiger partial charge in [0.05, 0.1) is 17.2 Å². The van der Waals surface area contributed by atoms with Gasteiger partial charge in [-0.3, -0.25) is 9.59 Å². The molecule has 0 aromatic carbocycles. The average Bonchev–Trinajstić information content (AvgIpc) is 3.29. The molecule has 0 aromatic heterocycles. The summed E-state index contributed by atoms with van der Waals surface area (Å²) in [4.78, 5) is 23.6. The van der Waals surface area contributed by atoms with E-state index in [2.05, 4.69) is 29.7 Å². The van der Waals surface area contributed by atoms with Crippen molar-refractivity contribution < 1.29 is 19.4 Å². The number of carbonyl (C=O) groups excluding carboxylic acids is 1. The summed E-state index contributed by atoms with van der Waals surface area (Å²) in [7, 11) is 0. The third-order valence-electron chi connectivity index (χ3n) is 5.89. The highest BCUT2D eigenvalue weighted by Gasteiger charge is 2.47. The Kier molecular flexibility index (Phi) is 10.6. The molecular formula is C22H36N2O4S. The van der Waals surface area contributed by atoms with E-state index in [1.807, 2.05) is 0 Å². The normalized spacial score (nSPS) is 25.4. The van der Waals surface area contributed by atoms with Crippen molar-refractivity contribution in [3.63, 3.8) is 0 Å². The Morgan fingerprint density at radius 1 is 1.07 bits per heavy atom. The summed E-state index contributed by atoms with van der Waals surface area (Å²) in [5, 5.41) is 15.0. The first-order valence-corrected chi connectivity index (χ1v) is 11.5. The van der Waals surface area contributed by atoms with E-state index in [4.69, 9.17) is 22.1 Å². The Hall–Kier alpha value is -1.47. The second-order valence-electron chi connectivity index (χ2n) is 8.12. The summed E-state index contributed by atoms with van der Waals surface area (Å²) in [6.45, 7) is 3.68. The first kappa shape index (κ1) is 23.8. The van der Waals surface area contributed by atoms with E-state index in [1.54, 1.807) is 0 Å². The smallest absolute Gasteiger partial charge is 0.303 e. The minimum Gasteiger partial charge on any atom is -0.481 e. The Bertz CT molecular complexity index is 581. The number of carboxylic acids is 1. The van der Waals surface area contributed by atoms with Gasteiger partial charge in [0.25, 0.3) is 0 Å². The number of fused-ring (bicyclic) bond motifs is 2. The van der Waals surface area contributed by atoms with E-state index in [0.29, 0.717) is 43.7 Å². The predicted molar refractivity (Wildman–Crippen MR) is 118 cm³/mol. The van der Waals surface area contributed by atoms with Gasteiger partial charge < -0.3 is 20.5 Å². The molecule has 3 N–H and O–H groups in total. The number of nitrogens with one attached hydrogen (secondary N) is 2. The Morgan fingerprint density at radius 3 is 2.55 bits per heavy atom. The van der Waals surface area contributed by atoms with Crippen LogP contribution in [0.3, 0.4) is 0 Å². The maximum absolute atomic E-state index is 12.2. The monoisotopic (exact) mass is 424 g/mol. The number of hydrogen-bond acceptors (Lipinski definition) is 4. The van der Waals surface area contributed by atoms with Gasteiger partial charge in [0.1, 0.15) is 0 Å². The van der Waals surface area contributed by atoms with Crippen molar-refractivity contribution in [3.05, 3.63) is 12.2 Å². The quantitative estimate of drug-likeness (QED) is 0.224. The summed E-state index contributed by atoms with van der Waals surface area (Å²) in [6.07, 6.45) is 12.8. The van der Waals surface area contributed by atoms with Crippen molar-refractivity contribution in [2.45, 2.75) is 83.3 Å². The van der Waals surface area contributed by atoms with Crippen LogP contribution >= 0.6 is 12.2 Å². The Morgan fingerprint density at radius 2 is 1.83 bits per heavy atom. The lowest BCUT2D eigenvalue weighted by Gasteiger charge is -2.27. The van der Waals surface area contributed by atoms with Gasteiger partial charge in [-0.1, -0.05) is 37.7 Å². The van der Waals surface area contributed by atoms with Crippen LogP contribution in [0.5, 0.6) is 0 Å². The minimum absolute atomic E-state index is 0.0513. The molecule has 2 aliphatic heterocycles. The number of unbranched alkanes of at least 4 members (excludes halogenated alkanes) is 2. The molecule has 2 fully saturated rings. The van der Waals surface area contributed by atoms with Crippen LogP contribution in [-0.2, 0) is 14.3 Å². The molecule has 4 atom stereocenters. The molecule has 29 heavy (non-hydrogen) atoms. The zero-order valence-corrected chi connectivity index (χ0v) is 18.3. The lowest BCUT2D eigenvalue weighted by atomic mass is 9.77. The number of ether oxygens (including phenoxy) is 1. The van der Waals surface area contributed by atoms with Gasteiger partial charge >= 0.3 is 5.97 Å². The summed E-state index contributed by atoms with van der Waals surface area (Å²) in [6, 6.07) is 0. The minimum atomic E-state index is -0.742. The summed E-state index contributed by atoms with van der Waals surface area (Å²) < 4.78 is 6.10. The Labute approximate surface area is 179 Å². The molecule has 0 aromatic rings. The average molecular weight is 425 g/mol. The fraction of sp³-hybridized carbons (Fsp3) is 0.773. The molecule has 1 amide bonds. The largest absolute Gasteiger partial charge is 0.481 e. The molecule has 0 spiro atoms. The first-order valence-electron chi connectivity index (χ1n) is 11.1. The van der Waals surface area contributed by atoms with Gasteiger partial charge in [-0.15, -0.1) is 0 Å². The molecule has 6 nitrogen and oxygen atoms in total. The van der Waals surface area contributed by atoms with E-state index in [1.165, 1.54) is 0 Å². The van der Waals surface area contributed by atoms with Crippen LogP contribution in [0, 0.1) is 11.8 Å². The van der Waals surface area contributed by atoms with Crippen molar-refractivity contribution in [2.75, 3.05) is 13.1 Å². The zero-order chi connectivity index (χ0) is 21.1. The van der Waals surface area contributed by atoms with Gasteiger partial charge in [0.2, 0.25) is 5.91 Å². The van der Waals surface area contributed by atoms with Crippen LogP contribution in [0.2, 0.25) is 0 Å². The van der Waals surface area contributed by atoms with E-state index < -0.39 is 5.97 Å². The van der Waals surface area contributed by atoms with Gasteiger partial charge in [-0.05, 0) is 44.4 Å². The number of rotatable bonds is 14. The molecule has 0 unspecified atom stereocenters. The lowest BCUT2D eigenvalue weighted by molar-refractivity contribution is -0.137. The summed E-state index contributed by atoms with van der Waals surface area (Å²) >= 11 is 5.28. The van der Waals surface area contributed by atoms with Crippen molar-refractivity contribution in [1.29, 1.82) is 0 Å². The van der Waals surface area contributed by atoms with Gasteiger partial charge in [-0.2, -0.15) is 0 Å². The number of thiocarbonyl (C=S) groups is 1. The van der Waals surface area contributed by atoms with E-state index >= 15 is 0 Å². The van der Waals surface area contributed by atoms with Gasteiger partial charge in [0, 0.05) is 38.3 Å². The summed E-state index contributed by atoms with van der Waals surface area (Å²) in [5.74, 6) is 0.0983. The van der Waals surface area contributed by atoms with Crippen LogP contribution in [-0.4, -0.2) is 47.3 Å². The topological polar surface area (TPSA) is 87.7 Å². The lowest BCUT2D eigenvalue weighted by Crippen LogP contribution is -2.38. The van der Waals surface area contributed by atoms with Gasteiger partial charge in [-0.25, -0.2) is 0 Å². The van der Waals surface area contributed by atoms with Gasteiger partial charge in [0.15, 0.2) is 0 Å². The fourth-order valence-electron chi connectivity index (χ4n) is 4.26. The van der Waals surface area contributed by atoms with Crippen molar-refractivity contribution in [3.8, 4) is 0 Å². The van der Waals surface area contributed by atoms with Crippen molar-refractivity contribution in [2.24, 2.45) is 11.8 Å². The first-order chi connectivity index (χ1) is 14.0. The maximum Gasteiger partial charge on any atom is 0.303 e. The number of allylic oxidation sites excluding steroid dienone is 2. The number of carbonyl (C=O) groups is 2. The molecular weight excluding hydrogens is 388 g/mol. The van der Waals surface area contributed by atoms with Crippen LogP contribution < -0.4 is 10.6 Å². The standard InChI is InChI=1S/C22H36N2O4S/c1-2-3-14-23-21(29)13-12-20(25)24-15-17-16(18-10-11-19(17)28-18)8-6-4-5-7-9-22(26)27/h4,6,16-19H,2-3,5,7-15H2,1H3,(H,23,29)(H,24,25)(H,26,27)/t16-,17+,18-,19+/m1/s1. The maximum atomic E-state index is 12.2. The van der Waals surface area contributed by atoms with Crippen LogP contribution in [0.15, 0.2) is 12.2 Å². The van der Waals surface area contributed by atoms with E-state index in [9.17, 15) is 9.59 Å². The molecule has 0 radical (unpaired) electrons.